The predicted octanol–water partition coefficient (Wildman–Crippen LogP) is -1.89. The van der Waals surface area contributed by atoms with E-state index in [1.165, 1.54) is 19.4 Å². The molecule has 1 aromatic rings. The average Bonchev–Trinajstić information content (AvgIpc) is 3.25. The molecular weight excluding hydrogens is 464 g/mol. The number of imidazole rings is 1. The van der Waals surface area contributed by atoms with Gasteiger partial charge >= 0.3 is 11.9 Å². The summed E-state index contributed by atoms with van der Waals surface area (Å²) in [6.07, 6.45) is 0.953. The summed E-state index contributed by atoms with van der Waals surface area (Å²) in [5, 5.41) is 35.2. The first-order valence-electron chi connectivity index (χ1n) is 11.1. The van der Waals surface area contributed by atoms with E-state index in [2.05, 4.69) is 25.9 Å². The number of hydrogen-bond donors (Lipinski definition) is 8. The zero-order chi connectivity index (χ0) is 26.7. The quantitative estimate of drug-likeness (QED) is 0.134. The summed E-state index contributed by atoms with van der Waals surface area (Å²) in [6, 6.07) is -5.17. The third-order valence-electron chi connectivity index (χ3n) is 5.00. The van der Waals surface area contributed by atoms with E-state index in [-0.39, 0.29) is 25.2 Å². The van der Waals surface area contributed by atoms with Crippen molar-refractivity contribution in [2.24, 2.45) is 11.7 Å². The van der Waals surface area contributed by atoms with Gasteiger partial charge in [0.25, 0.3) is 0 Å². The maximum Gasteiger partial charge on any atom is 0.326 e. The van der Waals surface area contributed by atoms with E-state index in [9.17, 15) is 34.2 Å². The van der Waals surface area contributed by atoms with Crippen molar-refractivity contribution >= 4 is 29.7 Å². The number of aliphatic hydroxyl groups is 1. The molecule has 9 N–H and O–H groups in total. The van der Waals surface area contributed by atoms with E-state index in [1.54, 1.807) is 13.8 Å². The molecule has 5 atom stereocenters. The van der Waals surface area contributed by atoms with Crippen LogP contribution >= 0.6 is 0 Å². The van der Waals surface area contributed by atoms with Crippen molar-refractivity contribution in [3.8, 4) is 0 Å². The first kappa shape index (κ1) is 29.5. The number of aliphatic hydroxyl groups excluding tert-OH is 1. The van der Waals surface area contributed by atoms with Gasteiger partial charge in [-0.05, 0) is 25.7 Å². The summed E-state index contributed by atoms with van der Waals surface area (Å²) >= 11 is 0. The number of carbonyl (C=O) groups excluding carboxylic acids is 3. The molecule has 0 saturated heterocycles. The number of rotatable bonds is 15. The maximum atomic E-state index is 12.9. The highest BCUT2D eigenvalue weighted by Gasteiger charge is 2.33. The van der Waals surface area contributed by atoms with Crippen molar-refractivity contribution in [3.05, 3.63) is 18.2 Å². The number of nitrogens with one attached hydrogen (secondary N) is 4. The number of hydrogen-bond acceptors (Lipinski definition) is 8. The zero-order valence-electron chi connectivity index (χ0n) is 19.9. The van der Waals surface area contributed by atoms with Crippen molar-refractivity contribution in [2.75, 3.05) is 0 Å². The number of carboxylic acids is 2. The lowest BCUT2D eigenvalue weighted by atomic mass is 10.0. The van der Waals surface area contributed by atoms with E-state index >= 15 is 0 Å². The van der Waals surface area contributed by atoms with Crippen LogP contribution in [0.3, 0.4) is 0 Å². The van der Waals surface area contributed by atoms with Gasteiger partial charge in [0.1, 0.15) is 18.1 Å². The molecule has 0 bridgehead atoms. The van der Waals surface area contributed by atoms with E-state index in [4.69, 9.17) is 10.8 Å². The third-order valence-corrected chi connectivity index (χ3v) is 5.00. The van der Waals surface area contributed by atoms with Gasteiger partial charge in [-0.3, -0.25) is 19.2 Å². The Kier molecular flexibility index (Phi) is 11.8. The highest BCUT2D eigenvalue weighted by molar-refractivity contribution is 5.94. The van der Waals surface area contributed by atoms with Crippen LogP contribution in [-0.2, 0) is 30.4 Å². The van der Waals surface area contributed by atoms with Crippen LogP contribution in [0.4, 0.5) is 0 Å². The van der Waals surface area contributed by atoms with Crippen LogP contribution in [0.15, 0.2) is 12.5 Å². The molecule has 3 amide bonds. The van der Waals surface area contributed by atoms with E-state index < -0.39 is 66.4 Å². The first-order chi connectivity index (χ1) is 16.3. The molecule has 1 rings (SSSR count). The normalized spacial score (nSPS) is 15.4. The third kappa shape index (κ3) is 10.5. The zero-order valence-corrected chi connectivity index (χ0v) is 19.9. The Labute approximate surface area is 202 Å². The Balaban J connectivity index is 2.90. The molecule has 0 aromatic carbocycles. The lowest BCUT2D eigenvalue weighted by molar-refractivity contribution is -0.143. The Morgan fingerprint density at radius 2 is 1.63 bits per heavy atom. The number of carboxylic acid groups (broad SMARTS) is 2. The molecule has 0 aliphatic heterocycles. The minimum absolute atomic E-state index is 0.101. The average molecular weight is 499 g/mol. The van der Waals surface area contributed by atoms with Crippen molar-refractivity contribution in [3.63, 3.8) is 0 Å². The second kappa shape index (κ2) is 14.0. The smallest absolute Gasteiger partial charge is 0.326 e. The number of carbonyl (C=O) groups is 5. The van der Waals surface area contributed by atoms with Crippen molar-refractivity contribution < 1.29 is 39.3 Å². The topological polar surface area (TPSA) is 237 Å². The minimum atomic E-state index is -1.47. The number of H-pyrrole nitrogens is 1. The fourth-order valence-corrected chi connectivity index (χ4v) is 3.15. The van der Waals surface area contributed by atoms with Crippen LogP contribution in [0.25, 0.3) is 0 Å². The number of amides is 3. The maximum absolute atomic E-state index is 12.9. The molecule has 5 unspecified atom stereocenters. The largest absolute Gasteiger partial charge is 0.481 e. The number of nitrogens with two attached hydrogens (primary N) is 1. The standard InChI is InChI=1S/C21H34N6O8/c1-10(2)6-15(19(32)25-14(21(34)35)4-5-16(29)30)26-20(33)17(11(3)28)27-18(31)13(22)7-12-8-23-9-24-12/h8-11,13-15,17,28H,4-7,22H2,1-3H3,(H,23,24)(H,25,32)(H,26,33)(H,27,31)(H,29,30)(H,34,35). The van der Waals surface area contributed by atoms with Crippen LogP contribution in [-0.4, -0.2) is 85.2 Å². The molecule has 35 heavy (non-hydrogen) atoms. The number of aromatic nitrogens is 2. The highest BCUT2D eigenvalue weighted by atomic mass is 16.4. The van der Waals surface area contributed by atoms with Crippen molar-refractivity contribution in [1.82, 2.24) is 25.9 Å². The lowest BCUT2D eigenvalue weighted by Crippen LogP contribution is -2.60. The second-order valence-electron chi connectivity index (χ2n) is 8.64. The molecular formula is C21H34N6O8. The van der Waals surface area contributed by atoms with Gasteiger partial charge in [-0.2, -0.15) is 0 Å². The van der Waals surface area contributed by atoms with E-state index in [1.807, 2.05) is 0 Å². The monoisotopic (exact) mass is 498 g/mol. The summed E-state index contributed by atoms with van der Waals surface area (Å²) in [6.45, 7) is 4.82. The summed E-state index contributed by atoms with van der Waals surface area (Å²) in [5.74, 6) is -5.17. The Bertz CT molecular complexity index is 873. The summed E-state index contributed by atoms with van der Waals surface area (Å²) in [4.78, 5) is 66.9. The van der Waals surface area contributed by atoms with Gasteiger partial charge < -0.3 is 42.0 Å². The molecule has 0 aliphatic carbocycles. The SMILES string of the molecule is CC(C)CC(NC(=O)C(NC(=O)C(N)Cc1cnc[nH]1)C(C)O)C(=O)NC(CCC(=O)O)C(=O)O. The summed E-state index contributed by atoms with van der Waals surface area (Å²) < 4.78 is 0. The fraction of sp³-hybridized carbons (Fsp3) is 0.619. The van der Waals surface area contributed by atoms with Crippen molar-refractivity contribution in [1.29, 1.82) is 0 Å². The summed E-state index contributed by atoms with van der Waals surface area (Å²) in [5.41, 5.74) is 6.46. The van der Waals surface area contributed by atoms with Gasteiger partial charge in [0, 0.05) is 24.7 Å². The number of aromatic amines is 1. The fourth-order valence-electron chi connectivity index (χ4n) is 3.15. The van der Waals surface area contributed by atoms with Crippen LogP contribution in [0.5, 0.6) is 0 Å². The van der Waals surface area contributed by atoms with Gasteiger partial charge in [-0.25, -0.2) is 9.78 Å². The molecule has 1 aromatic heterocycles. The Morgan fingerprint density at radius 3 is 2.11 bits per heavy atom. The van der Waals surface area contributed by atoms with Gasteiger partial charge in [0.05, 0.1) is 18.5 Å². The van der Waals surface area contributed by atoms with Crippen LogP contribution in [0.1, 0.15) is 45.7 Å². The molecule has 0 aliphatic rings. The Hall–Kier alpha value is -3.52. The molecule has 196 valence electrons. The van der Waals surface area contributed by atoms with Gasteiger partial charge in [0.2, 0.25) is 17.7 Å². The first-order valence-corrected chi connectivity index (χ1v) is 11.1. The van der Waals surface area contributed by atoms with E-state index in [0.717, 1.165) is 0 Å². The minimum Gasteiger partial charge on any atom is -0.481 e. The molecule has 0 radical (unpaired) electrons. The molecule has 0 saturated carbocycles. The van der Waals surface area contributed by atoms with Crippen LogP contribution in [0.2, 0.25) is 0 Å². The van der Waals surface area contributed by atoms with Crippen LogP contribution < -0.4 is 21.7 Å². The van der Waals surface area contributed by atoms with Crippen molar-refractivity contribution in [2.45, 2.75) is 76.7 Å². The van der Waals surface area contributed by atoms with Crippen LogP contribution in [0, 0.1) is 5.92 Å². The molecule has 14 nitrogen and oxygen atoms in total. The lowest BCUT2D eigenvalue weighted by Gasteiger charge is -2.27. The molecule has 1 heterocycles. The van der Waals surface area contributed by atoms with Gasteiger partial charge in [-0.1, -0.05) is 13.8 Å². The molecule has 14 heteroatoms. The number of aliphatic carboxylic acids is 2. The van der Waals surface area contributed by atoms with Gasteiger partial charge in [-0.15, -0.1) is 0 Å². The summed E-state index contributed by atoms with van der Waals surface area (Å²) in [7, 11) is 0. The molecule has 0 spiro atoms. The molecule has 0 fully saturated rings. The Morgan fingerprint density at radius 1 is 1.00 bits per heavy atom. The van der Waals surface area contributed by atoms with E-state index in [0.29, 0.717) is 5.69 Å². The van der Waals surface area contributed by atoms with Gasteiger partial charge in [0.15, 0.2) is 0 Å². The number of nitrogens with zero attached hydrogens (tertiary/aromatic N) is 1. The highest BCUT2D eigenvalue weighted by Crippen LogP contribution is 2.08. The predicted molar refractivity (Wildman–Crippen MR) is 122 cm³/mol. The second-order valence-corrected chi connectivity index (χ2v) is 8.64.